The molecule has 1 fully saturated rings. The number of hydrogen-bond acceptors (Lipinski definition) is 8. The van der Waals surface area contributed by atoms with Gasteiger partial charge in [-0.05, 0) is 54.7 Å². The molecule has 2 aromatic carbocycles. The average molecular weight is 491 g/mol. The first kappa shape index (κ1) is 26.2. The molecule has 2 amide bonds. The number of benzene rings is 2. The molecule has 2 aromatic rings. The van der Waals surface area contributed by atoms with Crippen LogP contribution in [0, 0.1) is 0 Å². The number of methoxy groups -OCH3 is 4. The number of hydrogen-bond donors (Lipinski definition) is 3. The van der Waals surface area contributed by atoms with Crippen LogP contribution in [0.3, 0.4) is 0 Å². The fourth-order valence-electron chi connectivity index (χ4n) is 4.15. The van der Waals surface area contributed by atoms with Crippen molar-refractivity contribution in [3.63, 3.8) is 0 Å². The molecular weight excluding hydrogens is 456 g/mol. The van der Waals surface area contributed by atoms with Crippen LogP contribution in [0.5, 0.6) is 28.7 Å². The molecule has 10 nitrogen and oxygen atoms in total. The summed E-state index contributed by atoms with van der Waals surface area (Å²) in [7, 11) is 6.31. The zero-order chi connectivity index (χ0) is 25.4. The molecule has 0 aliphatic carbocycles. The largest absolute Gasteiger partial charge is 0.493 e. The first-order valence-corrected chi connectivity index (χ1v) is 11.5. The predicted molar refractivity (Wildman–Crippen MR) is 128 cm³/mol. The Balaban J connectivity index is 1.89. The summed E-state index contributed by atoms with van der Waals surface area (Å²) < 4.78 is 34.4. The van der Waals surface area contributed by atoms with Crippen molar-refractivity contribution in [1.82, 2.24) is 10.8 Å². The normalized spacial score (nSPS) is 17.0. The van der Waals surface area contributed by atoms with Gasteiger partial charge in [0.05, 0.1) is 47.3 Å². The van der Waals surface area contributed by atoms with Crippen molar-refractivity contribution in [3.05, 3.63) is 41.0 Å². The minimum absolute atomic E-state index is 0.138. The van der Waals surface area contributed by atoms with E-state index in [1.54, 1.807) is 33.9 Å². The summed E-state index contributed by atoms with van der Waals surface area (Å²) in [5.74, 6) is 2.78. The van der Waals surface area contributed by atoms with Gasteiger partial charge in [-0.3, -0.25) is 5.21 Å². The first-order chi connectivity index (χ1) is 17.0. The van der Waals surface area contributed by atoms with Gasteiger partial charge in [0.2, 0.25) is 5.75 Å². The van der Waals surface area contributed by atoms with Crippen molar-refractivity contribution in [2.45, 2.75) is 44.9 Å². The lowest BCUT2D eigenvalue weighted by Gasteiger charge is -2.21. The molecule has 0 radical (unpaired) electrons. The summed E-state index contributed by atoms with van der Waals surface area (Å²) in [5, 5.41) is 11.4. The zero-order valence-electron chi connectivity index (χ0n) is 20.8. The van der Waals surface area contributed by atoms with Gasteiger partial charge in [-0.15, -0.1) is 0 Å². The zero-order valence-corrected chi connectivity index (χ0v) is 20.8. The van der Waals surface area contributed by atoms with E-state index in [-0.39, 0.29) is 18.8 Å². The molecule has 35 heavy (non-hydrogen) atoms. The third-order valence-corrected chi connectivity index (χ3v) is 5.82. The van der Waals surface area contributed by atoms with Crippen molar-refractivity contribution in [2.24, 2.45) is 0 Å². The van der Waals surface area contributed by atoms with Crippen LogP contribution in [-0.4, -0.2) is 46.3 Å². The molecule has 192 valence electrons. The van der Waals surface area contributed by atoms with E-state index in [9.17, 15) is 4.79 Å². The van der Waals surface area contributed by atoms with Crippen LogP contribution in [0.25, 0.3) is 0 Å². The minimum atomic E-state index is -0.713. The van der Waals surface area contributed by atoms with Gasteiger partial charge in [0, 0.05) is 12.1 Å². The maximum atomic E-state index is 11.6. The summed E-state index contributed by atoms with van der Waals surface area (Å²) in [6, 6.07) is 6.94. The third kappa shape index (κ3) is 6.01. The van der Waals surface area contributed by atoms with E-state index in [0.29, 0.717) is 35.4 Å². The van der Waals surface area contributed by atoms with Gasteiger partial charge in [0.15, 0.2) is 23.0 Å². The molecule has 3 rings (SSSR count). The Morgan fingerprint density at radius 1 is 0.914 bits per heavy atom. The smallest absolute Gasteiger partial charge is 0.338 e. The van der Waals surface area contributed by atoms with E-state index in [1.165, 1.54) is 0 Å². The molecule has 1 saturated heterocycles. The topological polar surface area (TPSA) is 117 Å². The number of carbonyl (C=O) groups is 1. The molecule has 0 bridgehead atoms. The number of hydroxylamine groups is 1. The first-order valence-electron chi connectivity index (χ1n) is 11.5. The van der Waals surface area contributed by atoms with Crippen LogP contribution in [0.15, 0.2) is 24.3 Å². The number of urea groups is 1. The number of amides is 2. The van der Waals surface area contributed by atoms with Crippen LogP contribution in [-0.2, 0) is 11.3 Å². The molecule has 0 saturated carbocycles. The lowest BCUT2D eigenvalue weighted by Crippen LogP contribution is -2.32. The van der Waals surface area contributed by atoms with E-state index in [1.807, 2.05) is 31.2 Å². The maximum Gasteiger partial charge on any atom is 0.338 e. The van der Waals surface area contributed by atoms with Gasteiger partial charge in [-0.25, -0.2) is 10.3 Å². The van der Waals surface area contributed by atoms with Gasteiger partial charge < -0.3 is 33.7 Å². The number of carbonyl (C=O) groups excluding carboxylic acids is 1. The lowest BCUT2D eigenvalue weighted by molar-refractivity contribution is 0.0436. The Bertz CT molecular complexity index is 988. The maximum absolute atomic E-state index is 11.6. The molecule has 1 aliphatic rings. The van der Waals surface area contributed by atoms with Gasteiger partial charge in [-0.2, -0.15) is 0 Å². The summed E-state index contributed by atoms with van der Waals surface area (Å²) >= 11 is 0. The van der Waals surface area contributed by atoms with E-state index >= 15 is 0 Å². The molecule has 2 atom stereocenters. The van der Waals surface area contributed by atoms with Gasteiger partial charge in [0.25, 0.3) is 0 Å². The van der Waals surface area contributed by atoms with Crippen molar-refractivity contribution in [3.8, 4) is 28.7 Å². The number of rotatable bonds is 11. The Kier molecular flexibility index (Phi) is 9.27. The van der Waals surface area contributed by atoms with Gasteiger partial charge in [-0.1, -0.05) is 6.92 Å². The van der Waals surface area contributed by atoms with E-state index in [0.717, 1.165) is 36.0 Å². The second-order valence-electron chi connectivity index (χ2n) is 8.00. The SMILES string of the molecule is CCCOc1c(CNC(=O)NO)cc([C@@H]2CC[C@@H](c3cc(OC)c(OC)c(OC)c3)O2)cc1OC. The van der Waals surface area contributed by atoms with Gasteiger partial charge in [0.1, 0.15) is 0 Å². The Morgan fingerprint density at radius 3 is 1.94 bits per heavy atom. The van der Waals surface area contributed by atoms with Crippen LogP contribution in [0.2, 0.25) is 0 Å². The summed E-state index contributed by atoms with van der Waals surface area (Å²) in [6.45, 7) is 2.64. The van der Waals surface area contributed by atoms with Crippen molar-refractivity contribution < 1.29 is 38.4 Å². The molecule has 1 heterocycles. The molecular formula is C25H34N2O8. The molecule has 0 spiro atoms. The van der Waals surface area contributed by atoms with Crippen molar-refractivity contribution in [1.29, 1.82) is 0 Å². The monoisotopic (exact) mass is 490 g/mol. The van der Waals surface area contributed by atoms with Crippen molar-refractivity contribution >= 4 is 6.03 Å². The van der Waals surface area contributed by atoms with Crippen LogP contribution < -0.4 is 34.5 Å². The molecule has 0 unspecified atom stereocenters. The van der Waals surface area contributed by atoms with Gasteiger partial charge >= 0.3 is 6.03 Å². The molecule has 1 aliphatic heterocycles. The Labute approximate surface area is 205 Å². The summed E-state index contributed by atoms with van der Waals surface area (Å²) in [6.07, 6.45) is 2.03. The standard InChI is InChI=1S/C25H34N2O8/c1-6-9-34-23-17(14-26-25(28)27-29)10-15(11-20(23)30-2)18-7-8-19(35-18)16-12-21(31-3)24(33-5)22(13-16)32-4/h10-13,18-19,29H,6-9,14H2,1-5H3,(H2,26,27,28)/t18-,19-/m0/s1. The second kappa shape index (κ2) is 12.4. The number of nitrogens with one attached hydrogen (secondary N) is 2. The highest BCUT2D eigenvalue weighted by Crippen LogP contribution is 2.47. The molecule has 10 heteroatoms. The van der Waals surface area contributed by atoms with Crippen molar-refractivity contribution in [2.75, 3.05) is 35.0 Å². The highest BCUT2D eigenvalue weighted by molar-refractivity contribution is 5.72. The Hall–Kier alpha value is -3.37. The predicted octanol–water partition coefficient (Wildman–Crippen LogP) is 4.29. The minimum Gasteiger partial charge on any atom is -0.493 e. The highest BCUT2D eigenvalue weighted by atomic mass is 16.5. The molecule has 3 N–H and O–H groups in total. The average Bonchev–Trinajstić information content (AvgIpc) is 3.39. The van der Waals surface area contributed by atoms with E-state index < -0.39 is 6.03 Å². The van der Waals surface area contributed by atoms with Crippen LogP contribution >= 0.6 is 0 Å². The van der Waals surface area contributed by atoms with Crippen LogP contribution in [0.4, 0.5) is 4.79 Å². The fourth-order valence-corrected chi connectivity index (χ4v) is 4.15. The quantitative estimate of drug-likeness (QED) is 0.316. The van der Waals surface area contributed by atoms with E-state index in [2.05, 4.69) is 5.32 Å². The summed E-state index contributed by atoms with van der Waals surface area (Å²) in [5.41, 5.74) is 4.12. The number of ether oxygens (including phenoxy) is 6. The highest BCUT2D eigenvalue weighted by Gasteiger charge is 2.31. The second-order valence-corrected chi connectivity index (χ2v) is 8.00. The molecule has 0 aromatic heterocycles. The van der Waals surface area contributed by atoms with Crippen LogP contribution in [0.1, 0.15) is 55.1 Å². The van der Waals surface area contributed by atoms with E-state index in [4.69, 9.17) is 33.6 Å². The Morgan fingerprint density at radius 2 is 1.46 bits per heavy atom. The third-order valence-electron chi connectivity index (χ3n) is 5.82. The lowest BCUT2D eigenvalue weighted by atomic mass is 10.0. The fraction of sp³-hybridized carbons (Fsp3) is 0.480. The summed E-state index contributed by atoms with van der Waals surface area (Å²) in [4.78, 5) is 11.6.